The van der Waals surface area contributed by atoms with Crippen LogP contribution in [-0.4, -0.2) is 23.0 Å². The molecule has 1 rings (SSSR count). The third kappa shape index (κ3) is 1.32. The van der Waals surface area contributed by atoms with E-state index in [-0.39, 0.29) is 17.3 Å². The van der Waals surface area contributed by atoms with Crippen LogP contribution >= 0.6 is 0 Å². The van der Waals surface area contributed by atoms with Crippen LogP contribution in [0.2, 0.25) is 0 Å². The molecule has 0 N–H and O–H groups in total. The monoisotopic (exact) mass is 166 g/mol. The molecule has 4 nitrogen and oxygen atoms in total. The molecule has 64 valence electrons. The average molecular weight is 166 g/mol. The molecule has 1 aliphatic rings. The second-order valence-electron chi connectivity index (χ2n) is 2.83. The van der Waals surface area contributed by atoms with Gasteiger partial charge in [-0.05, 0) is 13.8 Å². The Morgan fingerprint density at radius 2 is 1.83 bits per heavy atom. The maximum atomic E-state index is 11.1. The first-order chi connectivity index (χ1) is 5.54. The summed E-state index contributed by atoms with van der Waals surface area (Å²) in [5.41, 5.74) is 0.868. The Kier molecular flexibility index (Phi) is 2.17. The van der Waals surface area contributed by atoms with Crippen molar-refractivity contribution in [3.05, 3.63) is 0 Å². The Balaban J connectivity index is 2.96. The van der Waals surface area contributed by atoms with E-state index in [1.54, 1.807) is 6.92 Å². The number of Topliss-reactive ketones (excluding diaryl/α,β-unsaturated/α-hetero) is 2. The van der Waals surface area contributed by atoms with Gasteiger partial charge in [-0.15, -0.1) is 0 Å². The summed E-state index contributed by atoms with van der Waals surface area (Å²) in [6.07, 6.45) is 0. The number of carbonyl (C=O) groups excluding carboxylic acids is 2. The van der Waals surface area contributed by atoms with Gasteiger partial charge in [-0.2, -0.15) is 10.2 Å². The van der Waals surface area contributed by atoms with Crippen molar-refractivity contribution in [2.24, 2.45) is 16.1 Å². The highest BCUT2D eigenvalue weighted by Gasteiger charge is 2.30. The number of hydrogen-bond acceptors (Lipinski definition) is 4. The lowest BCUT2D eigenvalue weighted by Gasteiger charge is -2.05. The Hall–Kier alpha value is -1.32. The molecule has 12 heavy (non-hydrogen) atoms. The molecule has 0 spiro atoms. The average Bonchev–Trinajstić information content (AvgIpc) is 2.30. The Labute approximate surface area is 70.4 Å². The lowest BCUT2D eigenvalue weighted by molar-refractivity contribution is -0.118. The molecule has 0 aromatic carbocycles. The molecular formula is C8H10N2O2. The van der Waals surface area contributed by atoms with Crippen molar-refractivity contribution in [3.8, 4) is 0 Å². The van der Waals surface area contributed by atoms with Crippen molar-refractivity contribution in [2.75, 3.05) is 0 Å². The SMILES string of the molecule is CC(=O)C1=NN=C(C)C1C(C)=O. The predicted molar refractivity (Wildman–Crippen MR) is 45.4 cm³/mol. The molecule has 1 atom stereocenters. The van der Waals surface area contributed by atoms with Crippen molar-refractivity contribution >= 4 is 23.0 Å². The highest BCUT2D eigenvalue weighted by atomic mass is 16.1. The second kappa shape index (κ2) is 2.97. The molecule has 4 heteroatoms. The smallest absolute Gasteiger partial charge is 0.176 e. The summed E-state index contributed by atoms with van der Waals surface area (Å²) in [6.45, 7) is 4.53. The van der Waals surface area contributed by atoms with Gasteiger partial charge in [0.05, 0.1) is 5.71 Å². The zero-order valence-corrected chi connectivity index (χ0v) is 7.29. The maximum absolute atomic E-state index is 11.1. The van der Waals surface area contributed by atoms with Crippen LogP contribution in [0.5, 0.6) is 0 Å². The second-order valence-corrected chi connectivity index (χ2v) is 2.83. The van der Waals surface area contributed by atoms with Gasteiger partial charge in [0.2, 0.25) is 0 Å². The Morgan fingerprint density at radius 3 is 2.17 bits per heavy atom. The van der Waals surface area contributed by atoms with Gasteiger partial charge in [-0.25, -0.2) is 0 Å². The molecule has 0 bridgehead atoms. The van der Waals surface area contributed by atoms with Crippen LogP contribution in [-0.2, 0) is 9.59 Å². The van der Waals surface area contributed by atoms with E-state index in [1.165, 1.54) is 13.8 Å². The van der Waals surface area contributed by atoms with Crippen LogP contribution in [0.1, 0.15) is 20.8 Å². The van der Waals surface area contributed by atoms with Crippen molar-refractivity contribution in [1.82, 2.24) is 0 Å². The molecule has 0 fully saturated rings. The minimum atomic E-state index is -0.498. The number of carbonyl (C=O) groups is 2. The van der Waals surface area contributed by atoms with Crippen LogP contribution < -0.4 is 0 Å². The van der Waals surface area contributed by atoms with Gasteiger partial charge in [0.25, 0.3) is 0 Å². The van der Waals surface area contributed by atoms with Gasteiger partial charge in [-0.1, -0.05) is 0 Å². The fourth-order valence-corrected chi connectivity index (χ4v) is 1.21. The van der Waals surface area contributed by atoms with Crippen LogP contribution in [0.25, 0.3) is 0 Å². The van der Waals surface area contributed by atoms with Crippen LogP contribution in [0.15, 0.2) is 10.2 Å². The lowest BCUT2D eigenvalue weighted by atomic mass is 9.93. The summed E-state index contributed by atoms with van der Waals surface area (Å²) in [4.78, 5) is 22.0. The molecule has 1 unspecified atom stereocenters. The highest BCUT2D eigenvalue weighted by Crippen LogP contribution is 2.13. The first-order valence-electron chi connectivity index (χ1n) is 3.67. The van der Waals surface area contributed by atoms with E-state index in [0.717, 1.165) is 0 Å². The summed E-state index contributed by atoms with van der Waals surface area (Å²) in [5, 5.41) is 7.36. The first kappa shape index (κ1) is 8.77. The third-order valence-electron chi connectivity index (χ3n) is 1.77. The van der Waals surface area contributed by atoms with E-state index in [9.17, 15) is 9.59 Å². The maximum Gasteiger partial charge on any atom is 0.176 e. The van der Waals surface area contributed by atoms with Crippen LogP contribution in [0.4, 0.5) is 0 Å². The first-order valence-corrected chi connectivity index (χ1v) is 3.67. The zero-order valence-electron chi connectivity index (χ0n) is 7.29. The van der Waals surface area contributed by atoms with E-state index in [1.807, 2.05) is 0 Å². The van der Waals surface area contributed by atoms with Gasteiger partial charge in [0.1, 0.15) is 17.4 Å². The summed E-state index contributed by atoms with van der Waals surface area (Å²) < 4.78 is 0. The topological polar surface area (TPSA) is 58.9 Å². The molecule has 0 aromatic rings. The molecule has 1 aliphatic heterocycles. The van der Waals surface area contributed by atoms with Crippen LogP contribution in [0, 0.1) is 5.92 Å². The molecule has 0 amide bonds. The van der Waals surface area contributed by atoms with E-state index >= 15 is 0 Å². The number of nitrogens with zero attached hydrogens (tertiary/aromatic N) is 2. The molecule has 0 saturated heterocycles. The van der Waals surface area contributed by atoms with Crippen molar-refractivity contribution < 1.29 is 9.59 Å². The van der Waals surface area contributed by atoms with Crippen molar-refractivity contribution in [3.63, 3.8) is 0 Å². The molecule has 0 radical (unpaired) electrons. The van der Waals surface area contributed by atoms with Crippen molar-refractivity contribution in [1.29, 1.82) is 0 Å². The van der Waals surface area contributed by atoms with E-state index in [2.05, 4.69) is 10.2 Å². The highest BCUT2D eigenvalue weighted by molar-refractivity contribution is 6.49. The summed E-state index contributed by atoms with van der Waals surface area (Å²) in [6, 6.07) is 0. The molecule has 0 saturated carbocycles. The lowest BCUT2D eigenvalue weighted by Crippen LogP contribution is -2.29. The summed E-state index contributed by atoms with van der Waals surface area (Å²) >= 11 is 0. The number of hydrogen-bond donors (Lipinski definition) is 0. The molecule has 0 aliphatic carbocycles. The molecule has 1 heterocycles. The Bertz CT molecular complexity index is 302. The largest absolute Gasteiger partial charge is 0.299 e. The standard InChI is InChI=1S/C8H10N2O2/c1-4-7(5(2)11)8(6(3)12)10-9-4/h7H,1-3H3. The van der Waals surface area contributed by atoms with Gasteiger partial charge in [0, 0.05) is 6.92 Å². The molecule has 0 aromatic heterocycles. The van der Waals surface area contributed by atoms with Crippen LogP contribution in [0.3, 0.4) is 0 Å². The number of rotatable bonds is 2. The molecular weight excluding hydrogens is 156 g/mol. The van der Waals surface area contributed by atoms with E-state index in [0.29, 0.717) is 5.71 Å². The summed E-state index contributed by atoms with van der Waals surface area (Å²) in [5.74, 6) is -0.763. The van der Waals surface area contributed by atoms with Gasteiger partial charge < -0.3 is 0 Å². The normalized spacial score (nSPS) is 21.8. The fourth-order valence-electron chi connectivity index (χ4n) is 1.21. The number of ketones is 2. The third-order valence-corrected chi connectivity index (χ3v) is 1.77. The van der Waals surface area contributed by atoms with Crippen molar-refractivity contribution in [2.45, 2.75) is 20.8 Å². The fraction of sp³-hybridized carbons (Fsp3) is 0.500. The van der Waals surface area contributed by atoms with Gasteiger partial charge in [-0.3, -0.25) is 9.59 Å². The Morgan fingerprint density at radius 1 is 1.25 bits per heavy atom. The summed E-state index contributed by atoms with van der Waals surface area (Å²) in [7, 11) is 0. The minimum absolute atomic E-state index is 0.0808. The predicted octanol–water partition coefficient (Wildman–Crippen LogP) is 0.611. The van der Waals surface area contributed by atoms with E-state index in [4.69, 9.17) is 0 Å². The zero-order chi connectivity index (χ0) is 9.30. The van der Waals surface area contributed by atoms with Gasteiger partial charge in [0.15, 0.2) is 5.78 Å². The quantitative estimate of drug-likeness (QED) is 0.603. The van der Waals surface area contributed by atoms with E-state index < -0.39 is 5.92 Å². The van der Waals surface area contributed by atoms with Gasteiger partial charge >= 0.3 is 0 Å². The minimum Gasteiger partial charge on any atom is -0.299 e.